The number of hydrogen-bond acceptors (Lipinski definition) is 6. The first-order valence-corrected chi connectivity index (χ1v) is 9.93. The fourth-order valence-corrected chi connectivity index (χ4v) is 3.51. The highest BCUT2D eigenvalue weighted by Crippen LogP contribution is 2.21. The zero-order valence-corrected chi connectivity index (χ0v) is 16.1. The third kappa shape index (κ3) is 5.24. The van der Waals surface area contributed by atoms with Crippen LogP contribution in [-0.2, 0) is 10.0 Å². The Labute approximate surface area is 166 Å². The summed E-state index contributed by atoms with van der Waals surface area (Å²) in [5, 5.41) is 7.98. The van der Waals surface area contributed by atoms with Crippen LogP contribution in [0.4, 0.5) is 8.78 Å². The molecular formula is C19H17F2N3O4S. The number of sulfonamides is 1. The van der Waals surface area contributed by atoms with E-state index in [1.165, 1.54) is 0 Å². The van der Waals surface area contributed by atoms with E-state index in [1.54, 1.807) is 31.4 Å². The molecule has 7 nitrogen and oxygen atoms in total. The lowest BCUT2D eigenvalue weighted by atomic mass is 10.1. The van der Waals surface area contributed by atoms with Gasteiger partial charge in [0.25, 0.3) is 0 Å². The van der Waals surface area contributed by atoms with Crippen molar-refractivity contribution in [1.82, 2.24) is 14.9 Å². The van der Waals surface area contributed by atoms with E-state index in [0.29, 0.717) is 11.8 Å². The van der Waals surface area contributed by atoms with E-state index in [1.807, 2.05) is 12.1 Å². The molecule has 152 valence electrons. The van der Waals surface area contributed by atoms with Gasteiger partial charge in [0.1, 0.15) is 28.9 Å². The standard InChI is InChI=1S/C19H17F2N3O4S/c1-27-15-5-2-13(3-6-15)17-8-9-19(24-23-17)28-11-10-22-29(25,26)18-12-14(20)4-7-16(18)21/h2-9,12,22H,10-11H2,1H3. The Morgan fingerprint density at radius 3 is 2.41 bits per heavy atom. The number of nitrogens with one attached hydrogen (secondary N) is 1. The molecule has 0 radical (unpaired) electrons. The molecule has 0 saturated carbocycles. The van der Waals surface area contributed by atoms with Crippen molar-refractivity contribution in [2.75, 3.05) is 20.3 Å². The second-order valence-electron chi connectivity index (χ2n) is 5.81. The Balaban J connectivity index is 1.54. The number of benzene rings is 2. The van der Waals surface area contributed by atoms with Gasteiger partial charge in [-0.25, -0.2) is 21.9 Å². The molecule has 0 saturated heterocycles. The molecule has 0 aliphatic heterocycles. The number of methoxy groups -OCH3 is 1. The lowest BCUT2D eigenvalue weighted by molar-refractivity contribution is 0.307. The monoisotopic (exact) mass is 421 g/mol. The summed E-state index contributed by atoms with van der Waals surface area (Å²) in [7, 11) is -2.63. The van der Waals surface area contributed by atoms with E-state index in [4.69, 9.17) is 9.47 Å². The topological polar surface area (TPSA) is 90.4 Å². The molecule has 0 aliphatic carbocycles. The minimum Gasteiger partial charge on any atom is -0.497 e. The molecule has 0 fully saturated rings. The van der Waals surface area contributed by atoms with Crippen LogP contribution in [-0.4, -0.2) is 38.9 Å². The molecule has 0 atom stereocenters. The van der Waals surface area contributed by atoms with E-state index in [0.717, 1.165) is 23.4 Å². The van der Waals surface area contributed by atoms with Gasteiger partial charge in [-0.3, -0.25) is 0 Å². The molecule has 0 bridgehead atoms. The van der Waals surface area contributed by atoms with Gasteiger partial charge >= 0.3 is 0 Å². The maximum atomic E-state index is 13.6. The van der Waals surface area contributed by atoms with Crippen LogP contribution >= 0.6 is 0 Å². The van der Waals surface area contributed by atoms with E-state index >= 15 is 0 Å². The van der Waals surface area contributed by atoms with Gasteiger partial charge in [-0.2, -0.15) is 0 Å². The van der Waals surface area contributed by atoms with Crippen LogP contribution in [0.25, 0.3) is 11.3 Å². The molecule has 0 amide bonds. The quantitative estimate of drug-likeness (QED) is 0.563. The Hall–Kier alpha value is -3.11. The van der Waals surface area contributed by atoms with E-state index in [2.05, 4.69) is 14.9 Å². The molecule has 3 aromatic rings. The molecule has 2 aromatic carbocycles. The summed E-state index contributed by atoms with van der Waals surface area (Å²) in [6.07, 6.45) is 0. The summed E-state index contributed by atoms with van der Waals surface area (Å²) < 4.78 is 63.5. The first kappa shape index (κ1) is 20.6. The van der Waals surface area contributed by atoms with Gasteiger partial charge in [-0.15, -0.1) is 10.2 Å². The number of hydrogen-bond donors (Lipinski definition) is 1. The van der Waals surface area contributed by atoms with Crippen LogP contribution in [0.15, 0.2) is 59.5 Å². The van der Waals surface area contributed by atoms with Crippen molar-refractivity contribution < 1.29 is 26.7 Å². The maximum absolute atomic E-state index is 13.6. The van der Waals surface area contributed by atoms with Crippen molar-refractivity contribution in [3.05, 3.63) is 66.2 Å². The minimum atomic E-state index is -4.21. The molecule has 1 aromatic heterocycles. The fourth-order valence-electron chi connectivity index (χ4n) is 2.41. The second-order valence-corrected chi connectivity index (χ2v) is 7.54. The summed E-state index contributed by atoms with van der Waals surface area (Å²) in [4.78, 5) is -0.763. The lowest BCUT2D eigenvalue weighted by Crippen LogP contribution is -2.29. The number of halogens is 2. The predicted molar refractivity (Wildman–Crippen MR) is 101 cm³/mol. The van der Waals surface area contributed by atoms with Gasteiger partial charge in [-0.1, -0.05) is 0 Å². The van der Waals surface area contributed by atoms with Crippen LogP contribution in [0.3, 0.4) is 0 Å². The molecule has 29 heavy (non-hydrogen) atoms. The van der Waals surface area contributed by atoms with Crippen LogP contribution in [0, 0.1) is 11.6 Å². The second kappa shape index (κ2) is 8.93. The zero-order valence-electron chi connectivity index (χ0n) is 15.3. The predicted octanol–water partition coefficient (Wildman–Crippen LogP) is 2.79. The van der Waals surface area contributed by atoms with Gasteiger partial charge in [-0.05, 0) is 48.5 Å². The summed E-state index contributed by atoms with van der Waals surface area (Å²) in [6, 6.07) is 12.8. The third-order valence-electron chi connectivity index (χ3n) is 3.85. The smallest absolute Gasteiger partial charge is 0.243 e. The zero-order chi connectivity index (χ0) is 20.9. The molecular weight excluding hydrogens is 404 g/mol. The van der Waals surface area contributed by atoms with Crippen molar-refractivity contribution in [2.45, 2.75) is 4.90 Å². The van der Waals surface area contributed by atoms with Gasteiger partial charge in [0.15, 0.2) is 0 Å². The molecule has 1 heterocycles. The highest BCUT2D eigenvalue weighted by Gasteiger charge is 2.19. The van der Waals surface area contributed by atoms with Crippen molar-refractivity contribution in [3.63, 3.8) is 0 Å². The van der Waals surface area contributed by atoms with Crippen LogP contribution < -0.4 is 14.2 Å². The Morgan fingerprint density at radius 2 is 1.76 bits per heavy atom. The highest BCUT2D eigenvalue weighted by molar-refractivity contribution is 7.89. The molecule has 0 aliphatic rings. The van der Waals surface area contributed by atoms with Crippen molar-refractivity contribution in [1.29, 1.82) is 0 Å². The first-order valence-electron chi connectivity index (χ1n) is 8.45. The first-order chi connectivity index (χ1) is 13.9. The SMILES string of the molecule is COc1ccc(-c2ccc(OCCNS(=O)(=O)c3cc(F)ccc3F)nn2)cc1. The lowest BCUT2D eigenvalue weighted by Gasteiger charge is -2.09. The fraction of sp³-hybridized carbons (Fsp3) is 0.158. The normalized spacial score (nSPS) is 11.3. The van der Waals surface area contributed by atoms with E-state index in [-0.39, 0.29) is 19.0 Å². The Morgan fingerprint density at radius 1 is 1.00 bits per heavy atom. The minimum absolute atomic E-state index is 0.0767. The molecule has 0 unspecified atom stereocenters. The maximum Gasteiger partial charge on any atom is 0.243 e. The van der Waals surface area contributed by atoms with Crippen molar-refractivity contribution >= 4 is 10.0 Å². The Kier molecular flexibility index (Phi) is 6.35. The molecule has 3 rings (SSSR count). The van der Waals surface area contributed by atoms with Crippen molar-refractivity contribution in [2.24, 2.45) is 0 Å². The third-order valence-corrected chi connectivity index (χ3v) is 5.33. The van der Waals surface area contributed by atoms with Gasteiger partial charge in [0.05, 0.1) is 12.8 Å². The molecule has 0 spiro atoms. The average molecular weight is 421 g/mol. The summed E-state index contributed by atoms with van der Waals surface area (Å²) >= 11 is 0. The summed E-state index contributed by atoms with van der Waals surface area (Å²) in [5.41, 5.74) is 1.47. The van der Waals surface area contributed by atoms with Gasteiger partial charge < -0.3 is 9.47 Å². The van der Waals surface area contributed by atoms with Gasteiger partial charge in [0, 0.05) is 18.2 Å². The number of ether oxygens (including phenoxy) is 2. The average Bonchev–Trinajstić information content (AvgIpc) is 2.73. The van der Waals surface area contributed by atoms with Crippen LogP contribution in [0.2, 0.25) is 0 Å². The van der Waals surface area contributed by atoms with Gasteiger partial charge in [0.2, 0.25) is 15.9 Å². The number of aromatic nitrogens is 2. The highest BCUT2D eigenvalue weighted by atomic mass is 32.2. The molecule has 1 N–H and O–H groups in total. The Bertz CT molecular complexity index is 1080. The van der Waals surface area contributed by atoms with Crippen LogP contribution in [0.1, 0.15) is 0 Å². The van der Waals surface area contributed by atoms with E-state index < -0.39 is 26.6 Å². The van der Waals surface area contributed by atoms with Crippen LogP contribution in [0.5, 0.6) is 11.6 Å². The largest absolute Gasteiger partial charge is 0.497 e. The number of rotatable bonds is 8. The summed E-state index contributed by atoms with van der Waals surface area (Å²) in [6.45, 7) is -0.243. The van der Waals surface area contributed by atoms with E-state index in [9.17, 15) is 17.2 Å². The van der Waals surface area contributed by atoms with Crippen molar-refractivity contribution in [3.8, 4) is 22.9 Å². The summed E-state index contributed by atoms with van der Waals surface area (Å²) in [5.74, 6) is -0.976. The number of nitrogens with zero attached hydrogens (tertiary/aromatic N) is 2. The molecule has 10 heteroatoms.